The van der Waals surface area contributed by atoms with Gasteiger partial charge in [-0.2, -0.15) is 0 Å². The highest BCUT2D eigenvalue weighted by molar-refractivity contribution is 5.68. The number of hydrogen-bond acceptors (Lipinski definition) is 3. The molecule has 0 aromatic rings. The van der Waals surface area contributed by atoms with E-state index in [1.807, 2.05) is 0 Å². The van der Waals surface area contributed by atoms with Crippen molar-refractivity contribution in [3.05, 3.63) is 0 Å². The fraction of sp³-hybridized carbons (Fsp3) is 0.960. The summed E-state index contributed by atoms with van der Waals surface area (Å²) in [6.07, 6.45) is 20.4. The lowest BCUT2D eigenvalue weighted by molar-refractivity contribution is -0.890. The van der Waals surface area contributed by atoms with Crippen molar-refractivity contribution in [3.8, 4) is 0 Å². The summed E-state index contributed by atoms with van der Waals surface area (Å²) in [4.78, 5) is 11.2. The third-order valence-corrected chi connectivity index (χ3v) is 5.82. The fourth-order valence-electron chi connectivity index (χ4n) is 3.76. The summed E-state index contributed by atoms with van der Waals surface area (Å²) in [5.74, 6) is -0.101. The number of nitrogens with zero attached hydrogens (tertiary/aromatic N) is 1. The van der Waals surface area contributed by atoms with Crippen LogP contribution in [0.2, 0.25) is 0 Å². The minimum Gasteiger partial charge on any atom is -0.469 e. The highest BCUT2D eigenvalue weighted by atomic mass is 16.5. The molecule has 0 N–H and O–H groups in total. The van der Waals surface area contributed by atoms with Crippen LogP contribution in [0.15, 0.2) is 0 Å². The van der Waals surface area contributed by atoms with E-state index in [1.54, 1.807) is 0 Å². The first-order valence-electron chi connectivity index (χ1n) is 12.5. The van der Waals surface area contributed by atoms with Gasteiger partial charge in [-0.15, -0.1) is 0 Å². The van der Waals surface area contributed by atoms with Crippen LogP contribution in [0, 0.1) is 0 Å². The lowest BCUT2D eigenvalue weighted by atomic mass is 10.1. The summed E-state index contributed by atoms with van der Waals surface area (Å²) in [7, 11) is 5.94. The Morgan fingerprint density at radius 3 is 1.62 bits per heavy atom. The highest BCUT2D eigenvalue weighted by Gasteiger charge is 2.15. The maximum Gasteiger partial charge on any atom is 0.305 e. The maximum absolute atomic E-state index is 11.2. The minimum absolute atomic E-state index is 0.101. The van der Waals surface area contributed by atoms with Gasteiger partial charge in [-0.1, -0.05) is 77.6 Å². The van der Waals surface area contributed by atoms with Gasteiger partial charge in [-0.3, -0.25) is 4.79 Å². The Labute approximate surface area is 182 Å². The molecule has 0 atom stereocenters. The van der Waals surface area contributed by atoms with E-state index in [9.17, 15) is 4.79 Å². The van der Waals surface area contributed by atoms with Gasteiger partial charge in [0.05, 0.1) is 40.7 Å². The van der Waals surface area contributed by atoms with Gasteiger partial charge in [0, 0.05) is 19.6 Å². The van der Waals surface area contributed by atoms with Crippen LogP contribution in [-0.2, 0) is 14.3 Å². The Morgan fingerprint density at radius 1 is 0.655 bits per heavy atom. The van der Waals surface area contributed by atoms with Gasteiger partial charge < -0.3 is 14.0 Å². The second-order valence-electron chi connectivity index (χ2n) is 9.27. The van der Waals surface area contributed by atoms with Crippen LogP contribution in [0.25, 0.3) is 0 Å². The van der Waals surface area contributed by atoms with Gasteiger partial charge in [0.1, 0.15) is 0 Å². The number of methoxy groups -OCH3 is 1. The van der Waals surface area contributed by atoms with Crippen molar-refractivity contribution in [1.82, 2.24) is 0 Å². The number of carbonyl (C=O) groups excluding carboxylic acids is 1. The molecule has 0 bridgehead atoms. The van der Waals surface area contributed by atoms with Gasteiger partial charge in [0.15, 0.2) is 0 Å². The third-order valence-electron chi connectivity index (χ3n) is 5.82. The molecule has 0 aromatic carbocycles. The molecule has 0 aliphatic rings. The van der Waals surface area contributed by atoms with Gasteiger partial charge in [0.2, 0.25) is 0 Å². The lowest BCUT2D eigenvalue weighted by Crippen LogP contribution is -2.41. The van der Waals surface area contributed by atoms with Crippen LogP contribution in [0.4, 0.5) is 0 Å². The standard InChI is InChI=1S/C25H52NO3/c1-5-6-7-8-9-10-11-12-13-14-15-17-23-29-24-18-16-21-26(2,3)22-19-20-25(27)28-4/h5-24H2,1-4H3/q+1. The van der Waals surface area contributed by atoms with Crippen molar-refractivity contribution >= 4 is 5.97 Å². The fourth-order valence-corrected chi connectivity index (χ4v) is 3.76. The number of hydrogen-bond donors (Lipinski definition) is 0. The Balaban J connectivity index is 3.26. The molecule has 0 heterocycles. The summed E-state index contributed by atoms with van der Waals surface area (Å²) in [6.45, 7) is 6.26. The summed E-state index contributed by atoms with van der Waals surface area (Å²) in [6, 6.07) is 0. The van der Waals surface area contributed by atoms with E-state index in [2.05, 4.69) is 21.0 Å². The van der Waals surface area contributed by atoms with Crippen molar-refractivity contribution in [3.63, 3.8) is 0 Å². The Morgan fingerprint density at radius 2 is 1.10 bits per heavy atom. The zero-order valence-corrected chi connectivity index (χ0v) is 20.3. The second kappa shape index (κ2) is 20.7. The zero-order valence-electron chi connectivity index (χ0n) is 20.3. The molecule has 4 nitrogen and oxygen atoms in total. The van der Waals surface area contributed by atoms with Gasteiger partial charge in [-0.05, 0) is 19.3 Å². The maximum atomic E-state index is 11.2. The molecule has 29 heavy (non-hydrogen) atoms. The van der Waals surface area contributed by atoms with Crippen molar-refractivity contribution in [2.45, 2.75) is 110 Å². The topological polar surface area (TPSA) is 35.5 Å². The number of rotatable bonds is 22. The second-order valence-corrected chi connectivity index (χ2v) is 9.27. The molecule has 0 saturated heterocycles. The van der Waals surface area contributed by atoms with E-state index in [-0.39, 0.29) is 5.97 Å². The summed E-state index contributed by atoms with van der Waals surface area (Å²) < 4.78 is 11.5. The molecule has 0 aliphatic heterocycles. The SMILES string of the molecule is CCCCCCCCCCCCCCOCCCC[N+](C)(C)CCCC(=O)OC. The molecule has 0 aromatic heterocycles. The van der Waals surface area contributed by atoms with Crippen molar-refractivity contribution < 1.29 is 18.8 Å². The Bertz CT molecular complexity index is 358. The van der Waals surface area contributed by atoms with E-state index in [0.717, 1.165) is 43.6 Å². The van der Waals surface area contributed by atoms with E-state index in [4.69, 9.17) is 9.47 Å². The molecule has 0 aliphatic carbocycles. The van der Waals surface area contributed by atoms with Crippen molar-refractivity contribution in [2.24, 2.45) is 0 Å². The molecule has 0 amide bonds. The lowest BCUT2D eigenvalue weighted by Gasteiger charge is -2.29. The molecule has 0 radical (unpaired) electrons. The number of unbranched alkanes of at least 4 members (excludes halogenated alkanes) is 12. The number of ether oxygens (including phenoxy) is 2. The molecule has 174 valence electrons. The third kappa shape index (κ3) is 21.9. The molecular formula is C25H52NO3+. The van der Waals surface area contributed by atoms with Crippen LogP contribution in [-0.4, -0.2) is 58.0 Å². The number of quaternary nitrogens is 1. The molecule has 4 heteroatoms. The summed E-state index contributed by atoms with van der Waals surface area (Å²) in [5.41, 5.74) is 0. The first kappa shape index (κ1) is 28.4. The largest absolute Gasteiger partial charge is 0.469 e. The normalized spacial score (nSPS) is 11.7. The van der Waals surface area contributed by atoms with E-state index in [1.165, 1.54) is 90.6 Å². The van der Waals surface area contributed by atoms with Crippen LogP contribution in [0.3, 0.4) is 0 Å². The predicted molar refractivity (Wildman–Crippen MR) is 124 cm³/mol. The number of carbonyl (C=O) groups is 1. The Kier molecular flexibility index (Phi) is 20.2. The van der Waals surface area contributed by atoms with Crippen LogP contribution >= 0.6 is 0 Å². The summed E-state index contributed by atoms with van der Waals surface area (Å²) in [5, 5.41) is 0. The predicted octanol–water partition coefficient (Wildman–Crippen LogP) is 6.51. The van der Waals surface area contributed by atoms with Crippen molar-refractivity contribution in [1.29, 1.82) is 0 Å². The van der Waals surface area contributed by atoms with Crippen LogP contribution < -0.4 is 0 Å². The molecule has 0 spiro atoms. The van der Waals surface area contributed by atoms with Gasteiger partial charge >= 0.3 is 5.97 Å². The van der Waals surface area contributed by atoms with E-state index in [0.29, 0.717) is 6.42 Å². The zero-order chi connectivity index (χ0) is 21.6. The van der Waals surface area contributed by atoms with Crippen LogP contribution in [0.1, 0.15) is 110 Å². The van der Waals surface area contributed by atoms with E-state index < -0.39 is 0 Å². The molecule has 0 fully saturated rings. The van der Waals surface area contributed by atoms with Gasteiger partial charge in [0.25, 0.3) is 0 Å². The molecule has 0 saturated carbocycles. The van der Waals surface area contributed by atoms with Crippen LogP contribution in [0.5, 0.6) is 0 Å². The first-order valence-corrected chi connectivity index (χ1v) is 12.5. The first-order chi connectivity index (χ1) is 14.0. The highest BCUT2D eigenvalue weighted by Crippen LogP contribution is 2.12. The number of esters is 1. The average Bonchev–Trinajstić information content (AvgIpc) is 2.70. The van der Waals surface area contributed by atoms with E-state index >= 15 is 0 Å². The minimum atomic E-state index is -0.101. The van der Waals surface area contributed by atoms with Crippen molar-refractivity contribution in [2.75, 3.05) is 47.5 Å². The quantitative estimate of drug-likeness (QED) is 0.115. The monoisotopic (exact) mass is 414 g/mol. The molecule has 0 unspecified atom stereocenters. The van der Waals surface area contributed by atoms with Gasteiger partial charge in [-0.25, -0.2) is 0 Å². The molecule has 0 rings (SSSR count). The summed E-state index contributed by atoms with van der Waals surface area (Å²) >= 11 is 0. The molecular weight excluding hydrogens is 362 g/mol. The Hall–Kier alpha value is -0.610. The average molecular weight is 415 g/mol. The smallest absolute Gasteiger partial charge is 0.305 e.